The normalized spacial score (nSPS) is 12.0. The summed E-state index contributed by atoms with van der Waals surface area (Å²) < 4.78 is 26.7. The lowest BCUT2D eigenvalue weighted by molar-refractivity contribution is 0.607. The number of hydrogen-bond acceptors (Lipinski definition) is 4. The molecule has 0 saturated heterocycles. The van der Waals surface area contributed by atoms with Crippen molar-refractivity contribution in [2.45, 2.75) is 13.8 Å². The van der Waals surface area contributed by atoms with E-state index in [1.165, 1.54) is 4.63 Å². The molecular formula is C13H14ClN5O2S. The van der Waals surface area contributed by atoms with Gasteiger partial charge in [-0.25, -0.2) is 8.42 Å². The van der Waals surface area contributed by atoms with Crippen molar-refractivity contribution < 1.29 is 8.42 Å². The Bertz CT molecular complexity index is 974. The zero-order chi connectivity index (χ0) is 16.1. The lowest BCUT2D eigenvalue weighted by Crippen LogP contribution is -2.10. The summed E-state index contributed by atoms with van der Waals surface area (Å²) in [6.45, 7) is 3.62. The summed E-state index contributed by atoms with van der Waals surface area (Å²) in [6.07, 6.45) is 1.11. The molecule has 1 aromatic carbocycles. The van der Waals surface area contributed by atoms with Gasteiger partial charge in [-0.15, -0.1) is 9.73 Å². The standard InChI is InChI=1S/C13H14ClN5O2S/c1-7-4-5-9(6-10(7)18-22(3,20)21)12-15-13-11(14)8(2)16-19(13)17-12/h4-6,18H,1-3H3,(H,15,17). The van der Waals surface area contributed by atoms with Gasteiger partial charge in [-0.3, -0.25) is 4.72 Å². The fourth-order valence-electron chi connectivity index (χ4n) is 2.11. The second kappa shape index (κ2) is 4.99. The zero-order valence-corrected chi connectivity index (χ0v) is 13.7. The van der Waals surface area contributed by atoms with Gasteiger partial charge in [-0.1, -0.05) is 23.7 Å². The first-order chi connectivity index (χ1) is 10.2. The third kappa shape index (κ3) is 2.67. The number of rotatable bonds is 3. The van der Waals surface area contributed by atoms with E-state index < -0.39 is 10.0 Å². The highest BCUT2D eigenvalue weighted by molar-refractivity contribution is 7.92. The van der Waals surface area contributed by atoms with Crippen molar-refractivity contribution in [1.29, 1.82) is 0 Å². The summed E-state index contributed by atoms with van der Waals surface area (Å²) in [5.41, 5.74) is 3.36. The van der Waals surface area contributed by atoms with Crippen LogP contribution in [0.5, 0.6) is 0 Å². The zero-order valence-electron chi connectivity index (χ0n) is 12.2. The third-order valence-corrected chi connectivity index (χ3v) is 4.25. The van der Waals surface area contributed by atoms with Gasteiger partial charge in [0.1, 0.15) is 5.02 Å². The fourth-order valence-corrected chi connectivity index (χ4v) is 2.89. The number of halogens is 1. The largest absolute Gasteiger partial charge is 0.320 e. The summed E-state index contributed by atoms with van der Waals surface area (Å²) in [4.78, 5) is 3.09. The number of anilines is 1. The van der Waals surface area contributed by atoms with Gasteiger partial charge < -0.3 is 4.98 Å². The first-order valence-corrected chi connectivity index (χ1v) is 8.71. The van der Waals surface area contributed by atoms with E-state index in [-0.39, 0.29) is 0 Å². The first kappa shape index (κ1) is 14.9. The summed E-state index contributed by atoms with van der Waals surface area (Å²) in [6, 6.07) is 5.39. The number of nitrogens with zero attached hydrogens (tertiary/aromatic N) is 3. The monoisotopic (exact) mass is 339 g/mol. The number of aromatic amines is 1. The van der Waals surface area contributed by atoms with Gasteiger partial charge in [0.15, 0.2) is 11.5 Å². The predicted octanol–water partition coefficient (Wildman–Crippen LogP) is 2.37. The summed E-state index contributed by atoms with van der Waals surface area (Å²) in [7, 11) is -3.34. The number of fused-ring (bicyclic) bond motifs is 1. The van der Waals surface area contributed by atoms with Crippen LogP contribution in [0.4, 0.5) is 5.69 Å². The summed E-state index contributed by atoms with van der Waals surface area (Å²) in [5.74, 6) is 0.556. The average molecular weight is 340 g/mol. The van der Waals surface area contributed by atoms with Gasteiger partial charge >= 0.3 is 0 Å². The molecule has 0 fully saturated rings. The van der Waals surface area contributed by atoms with Gasteiger partial charge in [-0.05, 0) is 25.5 Å². The molecule has 0 atom stereocenters. The molecule has 2 N–H and O–H groups in total. The highest BCUT2D eigenvalue weighted by Crippen LogP contribution is 2.26. The van der Waals surface area contributed by atoms with Crippen molar-refractivity contribution in [2.75, 3.05) is 11.0 Å². The van der Waals surface area contributed by atoms with E-state index in [0.717, 1.165) is 17.4 Å². The number of nitrogens with one attached hydrogen (secondary N) is 2. The SMILES string of the molecule is Cc1ccc(-c2nn3nc(C)c(Cl)c3[nH]2)cc1NS(C)(=O)=O. The number of H-pyrrole nitrogens is 1. The minimum Gasteiger partial charge on any atom is -0.320 e. The van der Waals surface area contributed by atoms with E-state index in [1.807, 2.05) is 19.1 Å². The predicted molar refractivity (Wildman–Crippen MR) is 85.7 cm³/mol. The molecule has 116 valence electrons. The van der Waals surface area contributed by atoms with Crippen molar-refractivity contribution in [3.63, 3.8) is 0 Å². The topological polar surface area (TPSA) is 92.2 Å². The molecule has 0 unspecified atom stereocenters. The second-order valence-corrected chi connectivity index (χ2v) is 7.24. The van der Waals surface area contributed by atoms with E-state index >= 15 is 0 Å². The number of benzene rings is 1. The number of hydrogen-bond donors (Lipinski definition) is 2. The Hall–Kier alpha value is -2.06. The van der Waals surface area contributed by atoms with Crippen LogP contribution in [0.25, 0.3) is 17.0 Å². The second-order valence-electron chi connectivity index (χ2n) is 5.11. The molecule has 0 aliphatic heterocycles. The molecule has 3 aromatic rings. The quantitative estimate of drug-likeness (QED) is 0.766. The van der Waals surface area contributed by atoms with Crippen LogP contribution in [-0.4, -0.2) is 34.5 Å². The molecule has 3 rings (SSSR count). The minimum absolute atomic E-state index is 0.510. The van der Waals surface area contributed by atoms with Crippen LogP contribution in [-0.2, 0) is 10.0 Å². The first-order valence-electron chi connectivity index (χ1n) is 6.44. The average Bonchev–Trinajstić information content (AvgIpc) is 2.92. The molecule has 2 aromatic heterocycles. The van der Waals surface area contributed by atoms with Gasteiger partial charge in [0.05, 0.1) is 17.6 Å². The van der Waals surface area contributed by atoms with Crippen molar-refractivity contribution in [3.05, 3.63) is 34.5 Å². The minimum atomic E-state index is -3.34. The lowest BCUT2D eigenvalue weighted by atomic mass is 10.1. The highest BCUT2D eigenvalue weighted by atomic mass is 35.5. The maximum Gasteiger partial charge on any atom is 0.229 e. The number of aryl methyl sites for hydroxylation is 2. The molecule has 22 heavy (non-hydrogen) atoms. The van der Waals surface area contributed by atoms with Crippen LogP contribution < -0.4 is 4.72 Å². The molecule has 2 heterocycles. The van der Waals surface area contributed by atoms with E-state index in [2.05, 4.69) is 19.9 Å². The Morgan fingerprint density at radius 3 is 2.64 bits per heavy atom. The molecule has 7 nitrogen and oxygen atoms in total. The Morgan fingerprint density at radius 2 is 2.00 bits per heavy atom. The van der Waals surface area contributed by atoms with Crippen LogP contribution in [0.15, 0.2) is 18.2 Å². The highest BCUT2D eigenvalue weighted by Gasteiger charge is 2.14. The molecule has 9 heteroatoms. The fraction of sp³-hybridized carbons (Fsp3) is 0.231. The number of aromatic nitrogens is 4. The van der Waals surface area contributed by atoms with E-state index in [4.69, 9.17) is 11.6 Å². The molecule has 0 radical (unpaired) electrons. The van der Waals surface area contributed by atoms with Crippen molar-refractivity contribution >= 4 is 33.0 Å². The summed E-state index contributed by atoms with van der Waals surface area (Å²) in [5, 5.41) is 9.02. The van der Waals surface area contributed by atoms with Crippen LogP contribution in [0, 0.1) is 13.8 Å². The smallest absolute Gasteiger partial charge is 0.229 e. The lowest BCUT2D eigenvalue weighted by Gasteiger charge is -2.08. The Balaban J connectivity index is 2.08. The van der Waals surface area contributed by atoms with Gasteiger partial charge in [0, 0.05) is 5.56 Å². The van der Waals surface area contributed by atoms with Crippen molar-refractivity contribution in [1.82, 2.24) is 19.8 Å². The Labute approximate surface area is 132 Å². The molecule has 0 saturated carbocycles. The molecule has 0 spiro atoms. The van der Waals surface area contributed by atoms with Crippen LogP contribution in [0.1, 0.15) is 11.3 Å². The van der Waals surface area contributed by atoms with Gasteiger partial charge in [0.25, 0.3) is 0 Å². The van der Waals surface area contributed by atoms with Gasteiger partial charge in [-0.2, -0.15) is 5.10 Å². The van der Waals surface area contributed by atoms with Crippen LogP contribution >= 0.6 is 11.6 Å². The van der Waals surface area contributed by atoms with Crippen molar-refractivity contribution in [2.24, 2.45) is 0 Å². The maximum absolute atomic E-state index is 11.4. The van der Waals surface area contributed by atoms with E-state index in [1.54, 1.807) is 13.0 Å². The van der Waals surface area contributed by atoms with E-state index in [9.17, 15) is 8.42 Å². The van der Waals surface area contributed by atoms with Crippen molar-refractivity contribution in [3.8, 4) is 11.4 Å². The Morgan fingerprint density at radius 1 is 1.27 bits per heavy atom. The molecule has 0 bridgehead atoms. The Kier molecular flexibility index (Phi) is 3.37. The molecular weight excluding hydrogens is 326 g/mol. The summed E-state index contributed by atoms with van der Waals surface area (Å²) >= 11 is 6.14. The van der Waals surface area contributed by atoms with E-state index in [0.29, 0.717) is 27.9 Å². The van der Waals surface area contributed by atoms with Crippen LogP contribution in [0.2, 0.25) is 5.02 Å². The van der Waals surface area contributed by atoms with Crippen LogP contribution in [0.3, 0.4) is 0 Å². The molecule has 0 aliphatic rings. The third-order valence-electron chi connectivity index (χ3n) is 3.21. The number of sulfonamides is 1. The maximum atomic E-state index is 11.4. The molecule has 0 aliphatic carbocycles. The van der Waals surface area contributed by atoms with Gasteiger partial charge in [0.2, 0.25) is 10.0 Å². The molecule has 0 amide bonds.